The first-order valence-electron chi connectivity index (χ1n) is 8.10. The zero-order chi connectivity index (χ0) is 18.3. The lowest BCUT2D eigenvalue weighted by Gasteiger charge is -2.18. The van der Waals surface area contributed by atoms with Crippen molar-refractivity contribution >= 4 is 28.4 Å². The number of rotatable bonds is 3. The van der Waals surface area contributed by atoms with Crippen LogP contribution in [0.5, 0.6) is 0 Å². The molecule has 1 aliphatic rings. The van der Waals surface area contributed by atoms with Crippen LogP contribution >= 0.6 is 11.3 Å². The summed E-state index contributed by atoms with van der Waals surface area (Å²) in [5, 5.41) is 21.4. The van der Waals surface area contributed by atoms with Crippen molar-refractivity contribution in [3.05, 3.63) is 76.1 Å². The van der Waals surface area contributed by atoms with E-state index in [4.69, 9.17) is 5.41 Å². The van der Waals surface area contributed by atoms with Crippen molar-refractivity contribution < 1.29 is 9.50 Å². The number of aliphatic hydroxyl groups excluding tert-OH is 1. The number of hydrogen-bond donors (Lipinski definition) is 2. The maximum absolute atomic E-state index is 13.1. The summed E-state index contributed by atoms with van der Waals surface area (Å²) in [6.07, 6.45) is 0. The van der Waals surface area contributed by atoms with E-state index in [-0.39, 0.29) is 24.0 Å². The number of benzene rings is 2. The molecule has 0 fully saturated rings. The summed E-state index contributed by atoms with van der Waals surface area (Å²) in [5.74, 6) is -0.0670. The van der Waals surface area contributed by atoms with E-state index in [2.05, 4.69) is 4.98 Å². The van der Waals surface area contributed by atoms with Gasteiger partial charge in [0.1, 0.15) is 22.4 Å². The van der Waals surface area contributed by atoms with E-state index < -0.39 is 0 Å². The summed E-state index contributed by atoms with van der Waals surface area (Å²) in [6.45, 7) is 2.21. The van der Waals surface area contributed by atoms with Gasteiger partial charge in [0, 0.05) is 16.6 Å². The van der Waals surface area contributed by atoms with Gasteiger partial charge < -0.3 is 10.0 Å². The van der Waals surface area contributed by atoms with Crippen LogP contribution in [0.15, 0.2) is 59.7 Å². The van der Waals surface area contributed by atoms with Gasteiger partial charge in [-0.05, 0) is 31.2 Å². The van der Waals surface area contributed by atoms with Crippen molar-refractivity contribution in [3.63, 3.8) is 0 Å². The molecular weight excluding hydrogens is 349 g/mol. The molecule has 2 N–H and O–H groups in total. The van der Waals surface area contributed by atoms with Gasteiger partial charge in [0.05, 0.1) is 17.8 Å². The number of nitrogens with zero attached hydrogens (tertiary/aromatic N) is 2. The van der Waals surface area contributed by atoms with Gasteiger partial charge in [0.2, 0.25) is 0 Å². The van der Waals surface area contributed by atoms with Gasteiger partial charge in [-0.3, -0.25) is 5.41 Å². The molecule has 0 radical (unpaired) electrons. The molecule has 0 saturated carbocycles. The average Bonchev–Trinajstić information content (AvgIpc) is 3.21. The second-order valence-electron chi connectivity index (χ2n) is 6.14. The second-order valence-corrected chi connectivity index (χ2v) is 6.99. The molecule has 2 heterocycles. The van der Waals surface area contributed by atoms with Crippen LogP contribution in [0.2, 0.25) is 0 Å². The number of nitrogens with one attached hydrogen (secondary N) is 1. The lowest BCUT2D eigenvalue weighted by atomic mass is 10.1. The largest absolute Gasteiger partial charge is 0.510 e. The molecule has 4 nitrogen and oxygen atoms in total. The number of aryl methyl sites for hydroxylation is 1. The standard InChI is InChI=1S/C20H16FN3OS/c1-12-2-4-13(5-3-12)16-11-26-20(23-16)18-17(25)10-24(19(18)22)15-8-6-14(21)7-9-15/h2-9,11,22,25H,10H2,1H3. The fourth-order valence-corrected chi connectivity index (χ4v) is 3.79. The molecule has 2 aromatic carbocycles. The average molecular weight is 365 g/mol. The maximum Gasteiger partial charge on any atom is 0.139 e. The number of halogens is 1. The lowest BCUT2D eigenvalue weighted by molar-refractivity contribution is 0.411. The van der Waals surface area contributed by atoms with Crippen LogP contribution in [-0.2, 0) is 0 Å². The lowest BCUT2D eigenvalue weighted by Crippen LogP contribution is -2.25. The highest BCUT2D eigenvalue weighted by Crippen LogP contribution is 2.34. The minimum atomic E-state index is -0.334. The van der Waals surface area contributed by atoms with Crippen LogP contribution in [0.4, 0.5) is 10.1 Å². The first kappa shape index (κ1) is 16.5. The summed E-state index contributed by atoms with van der Waals surface area (Å²) in [5.41, 5.74) is 4.08. The van der Waals surface area contributed by atoms with E-state index in [1.807, 2.05) is 36.6 Å². The molecule has 0 bridgehead atoms. The third-order valence-electron chi connectivity index (χ3n) is 4.31. The molecule has 3 aromatic rings. The Balaban J connectivity index is 1.63. The van der Waals surface area contributed by atoms with Crippen LogP contribution in [0.25, 0.3) is 16.8 Å². The minimum absolute atomic E-state index is 0.101. The van der Waals surface area contributed by atoms with Crippen molar-refractivity contribution in [2.75, 3.05) is 11.4 Å². The molecule has 0 spiro atoms. The van der Waals surface area contributed by atoms with Gasteiger partial charge in [0.15, 0.2) is 0 Å². The quantitative estimate of drug-likeness (QED) is 0.685. The van der Waals surface area contributed by atoms with Crippen LogP contribution in [-0.4, -0.2) is 22.5 Å². The van der Waals surface area contributed by atoms with Crippen LogP contribution in [0, 0.1) is 18.2 Å². The Bertz CT molecular complexity index is 1010. The molecule has 26 heavy (non-hydrogen) atoms. The molecule has 1 aliphatic heterocycles. The Morgan fingerprint density at radius 2 is 1.81 bits per heavy atom. The third kappa shape index (κ3) is 2.88. The number of aromatic nitrogens is 1. The molecule has 0 unspecified atom stereocenters. The molecule has 6 heteroatoms. The topological polar surface area (TPSA) is 60.2 Å². The molecule has 130 valence electrons. The summed E-state index contributed by atoms with van der Waals surface area (Å²) < 4.78 is 13.1. The van der Waals surface area contributed by atoms with E-state index in [9.17, 15) is 9.50 Å². The number of amidine groups is 1. The van der Waals surface area contributed by atoms with Crippen molar-refractivity contribution in [2.24, 2.45) is 0 Å². The predicted octanol–water partition coefficient (Wildman–Crippen LogP) is 5.02. The Hall–Kier alpha value is -2.99. The van der Waals surface area contributed by atoms with Gasteiger partial charge in [-0.1, -0.05) is 29.8 Å². The van der Waals surface area contributed by atoms with E-state index in [1.165, 1.54) is 29.0 Å². The highest BCUT2D eigenvalue weighted by Gasteiger charge is 2.31. The highest BCUT2D eigenvalue weighted by molar-refractivity contribution is 7.11. The monoisotopic (exact) mass is 365 g/mol. The van der Waals surface area contributed by atoms with Gasteiger partial charge in [-0.2, -0.15) is 0 Å². The smallest absolute Gasteiger partial charge is 0.139 e. The van der Waals surface area contributed by atoms with Gasteiger partial charge in [-0.15, -0.1) is 11.3 Å². The molecular formula is C20H16FN3OS. The van der Waals surface area contributed by atoms with E-state index >= 15 is 0 Å². The number of hydrogen-bond acceptors (Lipinski definition) is 4. The summed E-state index contributed by atoms with van der Waals surface area (Å²) in [7, 11) is 0. The van der Waals surface area contributed by atoms with Gasteiger partial charge in [-0.25, -0.2) is 9.37 Å². The Morgan fingerprint density at radius 1 is 1.12 bits per heavy atom. The van der Waals surface area contributed by atoms with E-state index in [1.54, 1.807) is 17.0 Å². The van der Waals surface area contributed by atoms with Crippen LogP contribution in [0.1, 0.15) is 10.6 Å². The first-order valence-corrected chi connectivity index (χ1v) is 8.98. The van der Waals surface area contributed by atoms with Gasteiger partial charge in [0.25, 0.3) is 0 Å². The van der Waals surface area contributed by atoms with Crippen molar-refractivity contribution in [1.82, 2.24) is 4.98 Å². The molecule has 1 aromatic heterocycles. The third-order valence-corrected chi connectivity index (χ3v) is 5.17. The molecule has 0 atom stereocenters. The van der Waals surface area contributed by atoms with E-state index in [0.29, 0.717) is 16.3 Å². The summed E-state index contributed by atoms with van der Waals surface area (Å²) >= 11 is 1.40. The zero-order valence-electron chi connectivity index (χ0n) is 14.0. The summed E-state index contributed by atoms with van der Waals surface area (Å²) in [6, 6.07) is 13.9. The Labute approximate surface area is 154 Å². The first-order chi connectivity index (χ1) is 12.5. The predicted molar refractivity (Wildman–Crippen MR) is 103 cm³/mol. The van der Waals surface area contributed by atoms with Crippen LogP contribution < -0.4 is 4.90 Å². The normalized spacial score (nSPS) is 14.4. The van der Waals surface area contributed by atoms with Crippen LogP contribution in [0.3, 0.4) is 0 Å². The summed E-state index contributed by atoms with van der Waals surface area (Å²) in [4.78, 5) is 6.24. The SMILES string of the molecule is Cc1ccc(-c2csc(C3=C(O)CN(c4ccc(F)cc4)C3=N)n2)cc1. The fourth-order valence-electron chi connectivity index (χ4n) is 2.89. The zero-order valence-corrected chi connectivity index (χ0v) is 14.8. The Kier molecular flexibility index (Phi) is 4.05. The maximum atomic E-state index is 13.1. The molecule has 0 amide bonds. The van der Waals surface area contributed by atoms with Gasteiger partial charge >= 0.3 is 0 Å². The molecule has 0 aliphatic carbocycles. The fraction of sp³-hybridized carbons (Fsp3) is 0.100. The van der Waals surface area contributed by atoms with E-state index in [0.717, 1.165) is 11.3 Å². The van der Waals surface area contributed by atoms with Crippen molar-refractivity contribution in [2.45, 2.75) is 6.92 Å². The Morgan fingerprint density at radius 3 is 2.50 bits per heavy atom. The highest BCUT2D eigenvalue weighted by atomic mass is 32.1. The molecule has 0 saturated heterocycles. The molecule has 4 rings (SSSR count). The number of thiazole rings is 1. The van der Waals surface area contributed by atoms with Crippen molar-refractivity contribution in [1.29, 1.82) is 5.41 Å². The number of aliphatic hydroxyl groups is 1. The minimum Gasteiger partial charge on any atom is -0.510 e. The second kappa shape index (κ2) is 6.38. The van der Waals surface area contributed by atoms with Crippen molar-refractivity contribution in [3.8, 4) is 11.3 Å². The number of anilines is 1.